The molecule has 0 aliphatic carbocycles. The summed E-state index contributed by atoms with van der Waals surface area (Å²) in [7, 11) is -2.25. The fourth-order valence-corrected chi connectivity index (χ4v) is 5.44. The molecule has 1 spiro atoms. The number of ketones is 1. The van der Waals surface area contributed by atoms with Crippen LogP contribution in [0.3, 0.4) is 0 Å². The number of hydrogen-bond donors (Lipinski definition) is 1. The van der Waals surface area contributed by atoms with Crippen LogP contribution in [0.25, 0.3) is 4.85 Å². The Kier molecular flexibility index (Phi) is 4.94. The summed E-state index contributed by atoms with van der Waals surface area (Å²) in [5, 5.41) is 0. The van der Waals surface area contributed by atoms with Gasteiger partial charge in [0.15, 0.2) is 5.78 Å². The number of hydrogen-bond acceptors (Lipinski definition) is 7. The molecule has 2 N–H and O–H groups in total. The number of carbonyl (C=O) groups is 1. The molecule has 1 aromatic heterocycles. The number of Topliss-reactive ketones (excluding diaryl/α,β-unsaturated/α-hetero) is 1. The van der Waals surface area contributed by atoms with Gasteiger partial charge in [0.1, 0.15) is 17.0 Å². The minimum atomic E-state index is -3.63. The zero-order valence-electron chi connectivity index (χ0n) is 17.1. The third kappa shape index (κ3) is 3.61. The fourth-order valence-electron chi connectivity index (χ4n) is 3.95. The van der Waals surface area contributed by atoms with Gasteiger partial charge < -0.3 is 10.5 Å². The second-order valence-electron chi connectivity index (χ2n) is 7.73. The highest BCUT2D eigenvalue weighted by molar-refractivity contribution is 7.89. The highest BCUT2D eigenvalue weighted by Crippen LogP contribution is 2.43. The van der Waals surface area contributed by atoms with Crippen LogP contribution in [0, 0.1) is 13.5 Å². The van der Waals surface area contributed by atoms with Gasteiger partial charge in [-0.15, -0.1) is 0 Å². The van der Waals surface area contributed by atoms with Gasteiger partial charge in [-0.2, -0.15) is 0 Å². The van der Waals surface area contributed by atoms with Crippen molar-refractivity contribution in [3.8, 4) is 5.75 Å². The van der Waals surface area contributed by atoms with E-state index in [-0.39, 0.29) is 23.9 Å². The molecule has 0 unspecified atom stereocenters. The molecule has 2 aromatic rings. The number of guanidine groups is 1. The minimum Gasteiger partial charge on any atom is -0.493 e. The van der Waals surface area contributed by atoms with E-state index in [1.807, 2.05) is 0 Å². The average Bonchev–Trinajstić information content (AvgIpc) is 2.72. The molecule has 0 saturated heterocycles. The summed E-state index contributed by atoms with van der Waals surface area (Å²) in [6, 6.07) is 6.91. The van der Waals surface area contributed by atoms with Crippen LogP contribution in [0.2, 0.25) is 0 Å². The Morgan fingerprint density at radius 1 is 1.39 bits per heavy atom. The Bertz CT molecular complexity index is 1270. The number of nitrogens with zero attached hydrogens (tertiary/aromatic N) is 4. The van der Waals surface area contributed by atoms with Gasteiger partial charge in [-0.05, 0) is 36.2 Å². The molecule has 2 aliphatic heterocycles. The predicted octanol–water partition coefficient (Wildman–Crippen LogP) is 1.93. The lowest BCUT2D eigenvalue weighted by Gasteiger charge is -2.40. The van der Waals surface area contributed by atoms with E-state index in [1.165, 1.54) is 13.2 Å². The summed E-state index contributed by atoms with van der Waals surface area (Å²) in [5.41, 5.74) is 7.49. The topological polar surface area (TPSA) is 119 Å². The van der Waals surface area contributed by atoms with Gasteiger partial charge >= 0.3 is 0 Å². The van der Waals surface area contributed by atoms with Crippen molar-refractivity contribution in [2.24, 2.45) is 10.7 Å². The molecule has 0 radical (unpaired) electrons. The van der Waals surface area contributed by atoms with Crippen molar-refractivity contribution >= 4 is 27.5 Å². The second kappa shape index (κ2) is 7.35. The van der Waals surface area contributed by atoms with E-state index in [0.29, 0.717) is 46.8 Å². The SMILES string of the molecule is [C-]#[N+]c1cnc(C(=O)Cc2ccc3c(c2)[C@]2(CCO3)CS(=O)(=O)N(C)C(N)=N2)c(C)c1. The number of benzene rings is 1. The first kappa shape index (κ1) is 20.8. The quantitative estimate of drug-likeness (QED) is 0.577. The van der Waals surface area contributed by atoms with Gasteiger partial charge in [0.2, 0.25) is 21.7 Å². The third-order valence-corrected chi connectivity index (χ3v) is 7.49. The maximum atomic E-state index is 12.8. The Morgan fingerprint density at radius 2 is 2.16 bits per heavy atom. The van der Waals surface area contributed by atoms with Gasteiger partial charge in [0, 0.05) is 31.6 Å². The molecule has 0 amide bonds. The second-order valence-corrected chi connectivity index (χ2v) is 9.73. The molecule has 160 valence electrons. The van der Waals surface area contributed by atoms with Crippen molar-refractivity contribution in [1.29, 1.82) is 0 Å². The van der Waals surface area contributed by atoms with Crippen molar-refractivity contribution in [2.45, 2.75) is 25.3 Å². The van der Waals surface area contributed by atoms with Crippen LogP contribution >= 0.6 is 0 Å². The number of aliphatic imine (C=N–C) groups is 1. The van der Waals surface area contributed by atoms with E-state index in [4.69, 9.17) is 17.0 Å². The van der Waals surface area contributed by atoms with Gasteiger partial charge in [-0.3, -0.25) is 9.78 Å². The van der Waals surface area contributed by atoms with Crippen LogP contribution in [0.15, 0.2) is 35.5 Å². The third-order valence-electron chi connectivity index (χ3n) is 5.63. The number of aryl methyl sites for hydroxylation is 1. The van der Waals surface area contributed by atoms with Crippen LogP contribution in [0.4, 0.5) is 5.69 Å². The van der Waals surface area contributed by atoms with Crippen molar-refractivity contribution in [2.75, 3.05) is 19.4 Å². The van der Waals surface area contributed by atoms with Gasteiger partial charge in [-0.1, -0.05) is 6.07 Å². The Labute approximate surface area is 180 Å². The summed E-state index contributed by atoms with van der Waals surface area (Å²) in [6.07, 6.45) is 1.81. The molecular weight excluding hydrogens is 418 g/mol. The first-order valence-corrected chi connectivity index (χ1v) is 11.2. The van der Waals surface area contributed by atoms with Gasteiger partial charge in [0.05, 0.1) is 18.9 Å². The van der Waals surface area contributed by atoms with Crippen molar-refractivity contribution in [3.63, 3.8) is 0 Å². The standard InChI is InChI=1S/C21H21N5O4S/c1-13-8-15(23-2)11-24-19(13)17(27)10-14-4-5-18-16(9-14)21(6-7-30-18)12-31(28,29)26(3)20(22)25-21/h4-5,8-9,11H,6-7,10,12H2,1,3H3,(H2,22,25)/t21-/m0/s1. The van der Waals surface area contributed by atoms with E-state index in [0.717, 1.165) is 4.31 Å². The molecule has 0 bridgehead atoms. The first-order chi connectivity index (χ1) is 14.6. The number of nitrogens with two attached hydrogens (primary N) is 1. The molecule has 3 heterocycles. The molecule has 0 saturated carbocycles. The molecule has 31 heavy (non-hydrogen) atoms. The number of rotatable bonds is 3. The lowest BCUT2D eigenvalue weighted by Crippen LogP contribution is -2.52. The fraction of sp³-hybridized carbons (Fsp3) is 0.333. The number of carbonyl (C=O) groups excluding carboxylic acids is 1. The molecule has 1 atom stereocenters. The van der Waals surface area contributed by atoms with Crippen molar-refractivity contribution < 1.29 is 17.9 Å². The van der Waals surface area contributed by atoms with Gasteiger partial charge in [-0.25, -0.2) is 22.6 Å². The lowest BCUT2D eigenvalue weighted by atomic mass is 9.85. The number of sulfonamides is 1. The zero-order valence-corrected chi connectivity index (χ0v) is 17.9. The lowest BCUT2D eigenvalue weighted by molar-refractivity contribution is 0.0987. The molecule has 1 aromatic carbocycles. The molecule has 10 heteroatoms. The molecule has 9 nitrogen and oxygen atoms in total. The summed E-state index contributed by atoms with van der Waals surface area (Å²) in [4.78, 5) is 24.9. The van der Waals surface area contributed by atoms with Gasteiger partial charge in [0.25, 0.3) is 0 Å². The summed E-state index contributed by atoms with van der Waals surface area (Å²) >= 11 is 0. The van der Waals surface area contributed by atoms with E-state index >= 15 is 0 Å². The highest BCUT2D eigenvalue weighted by Gasteiger charge is 2.46. The Morgan fingerprint density at radius 3 is 2.84 bits per heavy atom. The normalized spacial score (nSPS) is 21.6. The summed E-state index contributed by atoms with van der Waals surface area (Å²) in [5.74, 6) is 0.0533. The van der Waals surface area contributed by atoms with Crippen LogP contribution in [-0.2, 0) is 22.0 Å². The van der Waals surface area contributed by atoms with Crippen LogP contribution in [-0.4, -0.2) is 48.9 Å². The first-order valence-electron chi connectivity index (χ1n) is 9.61. The van der Waals surface area contributed by atoms with Crippen LogP contribution in [0.5, 0.6) is 5.75 Å². The van der Waals surface area contributed by atoms with E-state index in [9.17, 15) is 13.2 Å². The molecule has 2 aliphatic rings. The van der Waals surface area contributed by atoms with E-state index < -0.39 is 15.6 Å². The van der Waals surface area contributed by atoms with E-state index in [2.05, 4.69) is 14.8 Å². The molecular formula is C21H21N5O4S. The number of fused-ring (bicyclic) bond motifs is 2. The van der Waals surface area contributed by atoms with Crippen LogP contribution < -0.4 is 10.5 Å². The number of aromatic nitrogens is 1. The smallest absolute Gasteiger partial charge is 0.239 e. The Hall–Kier alpha value is -3.45. The molecule has 0 fully saturated rings. The van der Waals surface area contributed by atoms with E-state index in [1.54, 1.807) is 31.2 Å². The van der Waals surface area contributed by atoms with Crippen molar-refractivity contribution in [3.05, 3.63) is 64.3 Å². The predicted molar refractivity (Wildman–Crippen MR) is 115 cm³/mol. The maximum absolute atomic E-state index is 12.8. The zero-order chi connectivity index (χ0) is 22.4. The summed E-state index contributed by atoms with van der Waals surface area (Å²) < 4.78 is 32.0. The number of pyridine rings is 1. The number of ether oxygens (including phenoxy) is 1. The monoisotopic (exact) mass is 439 g/mol. The summed E-state index contributed by atoms with van der Waals surface area (Å²) in [6.45, 7) is 9.12. The maximum Gasteiger partial charge on any atom is 0.239 e. The average molecular weight is 439 g/mol. The largest absolute Gasteiger partial charge is 0.493 e. The molecule has 4 rings (SSSR count). The minimum absolute atomic E-state index is 0.0692. The highest BCUT2D eigenvalue weighted by atomic mass is 32.2. The Balaban J connectivity index is 1.71. The van der Waals surface area contributed by atoms with Crippen molar-refractivity contribution in [1.82, 2.24) is 9.29 Å². The van der Waals surface area contributed by atoms with Crippen LogP contribution in [0.1, 0.15) is 33.6 Å².